The first-order valence-electron chi connectivity index (χ1n) is 8.28. The van der Waals surface area contributed by atoms with Crippen molar-refractivity contribution in [3.63, 3.8) is 0 Å². The van der Waals surface area contributed by atoms with Gasteiger partial charge in [0.1, 0.15) is 0 Å². The third kappa shape index (κ3) is 4.25. The van der Waals surface area contributed by atoms with Crippen molar-refractivity contribution in [1.29, 1.82) is 0 Å². The standard InChI is InChI=1S/C17H20F2N2O4/c18-13-3-10(4-14(19)16(13)24)17(25)20-11-5-12(6-11)21(8-15(22)23)7-9-1-2-9/h3-4,9,11-12,24H,1-2,5-8H2,(H,20,25)(H,22,23). The number of aliphatic carboxylic acids is 1. The summed E-state index contributed by atoms with van der Waals surface area (Å²) < 4.78 is 26.6. The first kappa shape index (κ1) is 17.6. The molecule has 8 heteroatoms. The van der Waals surface area contributed by atoms with Gasteiger partial charge in [-0.15, -0.1) is 0 Å². The van der Waals surface area contributed by atoms with Crippen LogP contribution in [0.15, 0.2) is 12.1 Å². The molecule has 0 aliphatic heterocycles. The van der Waals surface area contributed by atoms with Crippen molar-refractivity contribution >= 4 is 11.9 Å². The maximum atomic E-state index is 13.3. The van der Waals surface area contributed by atoms with Gasteiger partial charge in [0.15, 0.2) is 17.4 Å². The van der Waals surface area contributed by atoms with Gasteiger partial charge in [-0.1, -0.05) is 0 Å². The molecule has 136 valence electrons. The molecule has 1 amide bonds. The van der Waals surface area contributed by atoms with Crippen LogP contribution in [0.5, 0.6) is 5.75 Å². The van der Waals surface area contributed by atoms with Gasteiger partial charge in [0.25, 0.3) is 5.91 Å². The maximum Gasteiger partial charge on any atom is 0.317 e. The monoisotopic (exact) mass is 354 g/mol. The number of hydrogen-bond acceptors (Lipinski definition) is 4. The minimum absolute atomic E-state index is 0.0176. The second-order valence-corrected chi connectivity index (χ2v) is 6.85. The Morgan fingerprint density at radius 1 is 1.20 bits per heavy atom. The molecule has 2 aliphatic carbocycles. The largest absolute Gasteiger partial charge is 0.503 e. The number of carboxylic acids is 1. The molecule has 3 N–H and O–H groups in total. The van der Waals surface area contributed by atoms with Gasteiger partial charge in [-0.2, -0.15) is 0 Å². The van der Waals surface area contributed by atoms with Crippen LogP contribution in [0.4, 0.5) is 8.78 Å². The number of carbonyl (C=O) groups is 2. The van der Waals surface area contributed by atoms with Crippen molar-refractivity contribution < 1.29 is 28.6 Å². The number of phenolic OH excluding ortho intramolecular Hbond substituents is 1. The molecule has 25 heavy (non-hydrogen) atoms. The number of nitrogens with zero attached hydrogens (tertiary/aromatic N) is 1. The quantitative estimate of drug-likeness (QED) is 0.694. The van der Waals surface area contributed by atoms with E-state index in [4.69, 9.17) is 10.2 Å². The highest BCUT2D eigenvalue weighted by Gasteiger charge is 2.37. The van der Waals surface area contributed by atoms with E-state index in [1.165, 1.54) is 0 Å². The molecule has 2 saturated carbocycles. The molecule has 0 unspecified atom stereocenters. The molecule has 0 saturated heterocycles. The molecule has 6 nitrogen and oxygen atoms in total. The predicted octanol–water partition coefficient (Wildman–Crippen LogP) is 1.73. The summed E-state index contributed by atoms with van der Waals surface area (Å²) in [5, 5.41) is 20.8. The van der Waals surface area contributed by atoms with Crippen LogP contribution in [0.25, 0.3) is 0 Å². The molecule has 3 rings (SSSR count). The molecule has 0 radical (unpaired) electrons. The van der Waals surface area contributed by atoms with Gasteiger partial charge in [-0.05, 0) is 43.7 Å². The van der Waals surface area contributed by atoms with E-state index in [0.717, 1.165) is 31.5 Å². The zero-order valence-corrected chi connectivity index (χ0v) is 13.5. The lowest BCUT2D eigenvalue weighted by Gasteiger charge is -2.42. The number of aromatic hydroxyl groups is 1. The van der Waals surface area contributed by atoms with Crippen molar-refractivity contribution in [2.45, 2.75) is 37.8 Å². The Bertz CT molecular complexity index is 664. The topological polar surface area (TPSA) is 89.9 Å². The van der Waals surface area contributed by atoms with E-state index in [2.05, 4.69) is 5.32 Å². The summed E-state index contributed by atoms with van der Waals surface area (Å²) >= 11 is 0. The van der Waals surface area contributed by atoms with E-state index in [1.807, 2.05) is 4.90 Å². The van der Waals surface area contributed by atoms with E-state index in [0.29, 0.717) is 18.8 Å². The minimum Gasteiger partial charge on any atom is -0.503 e. The van der Waals surface area contributed by atoms with Crippen molar-refractivity contribution in [1.82, 2.24) is 10.2 Å². The molecule has 0 bridgehead atoms. The van der Waals surface area contributed by atoms with Gasteiger partial charge in [0, 0.05) is 24.2 Å². The van der Waals surface area contributed by atoms with Crippen molar-refractivity contribution in [3.8, 4) is 5.75 Å². The molecule has 2 aliphatic rings. The van der Waals surface area contributed by atoms with Crippen LogP contribution in [0.1, 0.15) is 36.0 Å². The zero-order chi connectivity index (χ0) is 18.1. The van der Waals surface area contributed by atoms with E-state index in [1.54, 1.807) is 0 Å². The van der Waals surface area contributed by atoms with Crippen molar-refractivity contribution in [2.75, 3.05) is 13.1 Å². The normalized spacial score (nSPS) is 22.5. The third-order valence-corrected chi connectivity index (χ3v) is 4.77. The number of amides is 1. The molecule has 0 spiro atoms. The van der Waals surface area contributed by atoms with Gasteiger partial charge < -0.3 is 15.5 Å². The predicted molar refractivity (Wildman–Crippen MR) is 84.2 cm³/mol. The highest BCUT2D eigenvalue weighted by molar-refractivity contribution is 5.94. The van der Waals surface area contributed by atoms with Crippen LogP contribution < -0.4 is 5.32 Å². The first-order chi connectivity index (χ1) is 11.8. The number of halogens is 2. The fourth-order valence-electron chi connectivity index (χ4n) is 3.12. The van der Waals surface area contributed by atoms with E-state index < -0.39 is 29.3 Å². The highest BCUT2D eigenvalue weighted by atomic mass is 19.1. The molecule has 0 heterocycles. The summed E-state index contributed by atoms with van der Waals surface area (Å²) in [4.78, 5) is 25.0. The van der Waals surface area contributed by atoms with Gasteiger partial charge >= 0.3 is 5.97 Å². The third-order valence-electron chi connectivity index (χ3n) is 4.77. The summed E-state index contributed by atoms with van der Waals surface area (Å²) in [6, 6.07) is 1.50. The Balaban J connectivity index is 1.53. The zero-order valence-electron chi connectivity index (χ0n) is 13.5. The second kappa shape index (κ2) is 6.95. The summed E-state index contributed by atoms with van der Waals surface area (Å²) in [7, 11) is 0. The van der Waals surface area contributed by atoms with E-state index >= 15 is 0 Å². The lowest BCUT2D eigenvalue weighted by atomic mass is 9.85. The molecular weight excluding hydrogens is 334 g/mol. The Labute approximate surface area is 143 Å². The number of nitrogens with one attached hydrogen (secondary N) is 1. The van der Waals surface area contributed by atoms with Crippen LogP contribution in [-0.4, -0.2) is 52.2 Å². The van der Waals surface area contributed by atoms with Crippen LogP contribution in [-0.2, 0) is 4.79 Å². The summed E-state index contributed by atoms with van der Waals surface area (Å²) in [5.74, 6) is -4.40. The molecular formula is C17H20F2N2O4. The molecule has 1 aromatic carbocycles. The lowest BCUT2D eigenvalue weighted by molar-refractivity contribution is -0.139. The Morgan fingerprint density at radius 3 is 2.32 bits per heavy atom. The molecule has 2 fully saturated rings. The summed E-state index contributed by atoms with van der Waals surface area (Å²) in [5.41, 5.74) is -0.198. The Kier molecular flexibility index (Phi) is 4.89. The molecule has 1 aromatic rings. The lowest BCUT2D eigenvalue weighted by Crippen LogP contribution is -2.55. The average Bonchev–Trinajstić information content (AvgIpc) is 3.30. The van der Waals surface area contributed by atoms with Gasteiger partial charge in [-0.3, -0.25) is 14.5 Å². The van der Waals surface area contributed by atoms with Crippen LogP contribution in [0.2, 0.25) is 0 Å². The smallest absolute Gasteiger partial charge is 0.317 e. The number of phenols is 1. The number of benzene rings is 1. The minimum atomic E-state index is -1.19. The molecule has 0 aromatic heterocycles. The highest BCUT2D eigenvalue weighted by Crippen LogP contribution is 2.34. The fraction of sp³-hybridized carbons (Fsp3) is 0.529. The van der Waals surface area contributed by atoms with Gasteiger partial charge in [0.2, 0.25) is 0 Å². The summed E-state index contributed by atoms with van der Waals surface area (Å²) in [6.45, 7) is 0.738. The number of rotatable bonds is 7. The van der Waals surface area contributed by atoms with Crippen molar-refractivity contribution in [3.05, 3.63) is 29.3 Å². The first-order valence-corrected chi connectivity index (χ1v) is 8.28. The average molecular weight is 354 g/mol. The molecule has 0 atom stereocenters. The maximum absolute atomic E-state index is 13.3. The SMILES string of the molecule is O=C(O)CN(CC1CC1)C1CC(NC(=O)c2cc(F)c(O)c(F)c2)C1. The fourth-order valence-corrected chi connectivity index (χ4v) is 3.12. The number of carboxylic acid groups (broad SMARTS) is 1. The number of carbonyl (C=O) groups excluding carboxylic acids is 1. The second-order valence-electron chi connectivity index (χ2n) is 6.85. The van der Waals surface area contributed by atoms with Crippen LogP contribution in [0.3, 0.4) is 0 Å². The van der Waals surface area contributed by atoms with Crippen LogP contribution >= 0.6 is 0 Å². The Hall–Kier alpha value is -2.22. The van der Waals surface area contributed by atoms with Gasteiger partial charge in [-0.25, -0.2) is 8.78 Å². The Morgan fingerprint density at radius 2 is 1.80 bits per heavy atom. The van der Waals surface area contributed by atoms with E-state index in [-0.39, 0.29) is 24.2 Å². The van der Waals surface area contributed by atoms with Crippen molar-refractivity contribution in [2.24, 2.45) is 5.92 Å². The number of hydrogen-bond donors (Lipinski definition) is 3. The van der Waals surface area contributed by atoms with E-state index in [9.17, 15) is 18.4 Å². The van der Waals surface area contributed by atoms with Crippen LogP contribution in [0, 0.1) is 17.6 Å². The van der Waals surface area contributed by atoms with Gasteiger partial charge in [0.05, 0.1) is 6.54 Å². The summed E-state index contributed by atoms with van der Waals surface area (Å²) in [6.07, 6.45) is 3.46.